The van der Waals surface area contributed by atoms with Crippen molar-refractivity contribution < 1.29 is 4.74 Å². The van der Waals surface area contributed by atoms with E-state index in [4.69, 9.17) is 4.74 Å². The Bertz CT molecular complexity index is 471. The normalized spacial score (nSPS) is 10.1. The van der Waals surface area contributed by atoms with E-state index in [0.717, 1.165) is 21.1 Å². The van der Waals surface area contributed by atoms with Gasteiger partial charge in [-0.3, -0.25) is 0 Å². The first kappa shape index (κ1) is 11.6. The quantitative estimate of drug-likeness (QED) is 0.764. The second kappa shape index (κ2) is 5.46. The minimum atomic E-state index is 0.594. The van der Waals surface area contributed by atoms with Gasteiger partial charge < -0.3 is 4.74 Å². The Morgan fingerprint density at radius 3 is 2.56 bits per heavy atom. The van der Waals surface area contributed by atoms with Crippen molar-refractivity contribution in [3.05, 3.63) is 52.6 Å². The predicted octanol–water partition coefficient (Wildman–Crippen LogP) is 4.53. The van der Waals surface area contributed by atoms with Gasteiger partial charge in [-0.25, -0.2) is 4.98 Å². The zero-order chi connectivity index (χ0) is 11.4. The van der Waals surface area contributed by atoms with Crippen LogP contribution in [0.25, 0.3) is 0 Å². The Balaban J connectivity index is 2.18. The van der Waals surface area contributed by atoms with Gasteiger partial charge in [-0.1, -0.05) is 34.1 Å². The molecular formula is C12H9Br2NO. The lowest BCUT2D eigenvalue weighted by Crippen LogP contribution is -1.89. The SMILES string of the molecule is BrCc1ccc(Oc2ccccc2Br)nc1. The molecule has 2 nitrogen and oxygen atoms in total. The van der Waals surface area contributed by atoms with Crippen molar-refractivity contribution in [1.82, 2.24) is 4.98 Å². The molecule has 16 heavy (non-hydrogen) atoms. The molecule has 0 saturated heterocycles. The molecule has 0 unspecified atom stereocenters. The van der Waals surface area contributed by atoms with Crippen LogP contribution in [0.3, 0.4) is 0 Å². The molecular weight excluding hydrogens is 334 g/mol. The zero-order valence-electron chi connectivity index (χ0n) is 8.36. The molecule has 1 heterocycles. The number of ether oxygens (including phenoxy) is 1. The Morgan fingerprint density at radius 1 is 1.12 bits per heavy atom. The molecule has 0 radical (unpaired) electrons. The average molecular weight is 343 g/mol. The standard InChI is InChI=1S/C12H9Br2NO/c13-7-9-5-6-12(15-8-9)16-11-4-2-1-3-10(11)14/h1-6,8H,7H2. The van der Waals surface area contributed by atoms with E-state index in [1.165, 1.54) is 0 Å². The van der Waals surface area contributed by atoms with Gasteiger partial charge in [-0.05, 0) is 33.6 Å². The lowest BCUT2D eigenvalue weighted by atomic mass is 10.3. The number of benzene rings is 1. The van der Waals surface area contributed by atoms with Gasteiger partial charge in [-0.15, -0.1) is 0 Å². The monoisotopic (exact) mass is 341 g/mol. The molecule has 2 rings (SSSR count). The summed E-state index contributed by atoms with van der Waals surface area (Å²) in [5, 5.41) is 0.801. The number of hydrogen-bond donors (Lipinski definition) is 0. The average Bonchev–Trinajstić information content (AvgIpc) is 2.33. The van der Waals surface area contributed by atoms with Crippen molar-refractivity contribution in [2.24, 2.45) is 0 Å². The first-order valence-electron chi connectivity index (χ1n) is 4.73. The number of hydrogen-bond acceptors (Lipinski definition) is 2. The molecule has 1 aromatic carbocycles. The molecule has 0 amide bonds. The van der Waals surface area contributed by atoms with Crippen molar-refractivity contribution >= 4 is 31.9 Å². The Labute approximate surface area is 111 Å². The Kier molecular flexibility index (Phi) is 3.96. The van der Waals surface area contributed by atoms with Gasteiger partial charge in [0.05, 0.1) is 4.47 Å². The molecule has 0 fully saturated rings. The first-order valence-corrected chi connectivity index (χ1v) is 6.64. The Hall–Kier alpha value is -0.870. The molecule has 0 aliphatic rings. The number of aromatic nitrogens is 1. The van der Waals surface area contributed by atoms with Crippen LogP contribution >= 0.6 is 31.9 Å². The second-order valence-electron chi connectivity index (χ2n) is 3.17. The third-order valence-electron chi connectivity index (χ3n) is 2.00. The maximum atomic E-state index is 5.64. The highest BCUT2D eigenvalue weighted by atomic mass is 79.9. The van der Waals surface area contributed by atoms with Gasteiger partial charge in [0.15, 0.2) is 0 Å². The second-order valence-corrected chi connectivity index (χ2v) is 4.59. The highest BCUT2D eigenvalue weighted by Gasteiger charge is 2.02. The summed E-state index contributed by atoms with van der Waals surface area (Å²) < 4.78 is 6.55. The van der Waals surface area contributed by atoms with Gasteiger partial charge in [-0.2, -0.15) is 0 Å². The first-order chi connectivity index (χ1) is 7.79. The molecule has 4 heteroatoms. The van der Waals surface area contributed by atoms with E-state index in [-0.39, 0.29) is 0 Å². The minimum Gasteiger partial charge on any atom is -0.438 e. The van der Waals surface area contributed by atoms with E-state index < -0.39 is 0 Å². The van der Waals surface area contributed by atoms with E-state index in [1.54, 1.807) is 6.20 Å². The largest absolute Gasteiger partial charge is 0.438 e. The van der Waals surface area contributed by atoms with E-state index in [0.29, 0.717) is 5.88 Å². The summed E-state index contributed by atoms with van der Waals surface area (Å²) in [5.74, 6) is 1.36. The van der Waals surface area contributed by atoms with E-state index in [2.05, 4.69) is 36.8 Å². The smallest absolute Gasteiger partial charge is 0.219 e. The van der Waals surface area contributed by atoms with Crippen LogP contribution in [-0.2, 0) is 5.33 Å². The van der Waals surface area contributed by atoms with Gasteiger partial charge in [0.1, 0.15) is 5.75 Å². The topological polar surface area (TPSA) is 22.1 Å². The van der Waals surface area contributed by atoms with E-state index >= 15 is 0 Å². The van der Waals surface area contributed by atoms with Gasteiger partial charge in [0.2, 0.25) is 5.88 Å². The molecule has 0 atom stereocenters. The maximum absolute atomic E-state index is 5.64. The van der Waals surface area contributed by atoms with Crippen LogP contribution in [0.15, 0.2) is 47.1 Å². The van der Waals surface area contributed by atoms with Crippen molar-refractivity contribution in [2.75, 3.05) is 0 Å². The van der Waals surface area contributed by atoms with Crippen molar-refractivity contribution in [2.45, 2.75) is 5.33 Å². The number of para-hydroxylation sites is 1. The fourth-order valence-electron chi connectivity index (χ4n) is 1.19. The van der Waals surface area contributed by atoms with E-state index in [9.17, 15) is 0 Å². The summed E-state index contributed by atoms with van der Waals surface area (Å²) in [7, 11) is 0. The van der Waals surface area contributed by atoms with E-state index in [1.807, 2.05) is 36.4 Å². The van der Waals surface area contributed by atoms with Crippen LogP contribution in [0.5, 0.6) is 11.6 Å². The van der Waals surface area contributed by atoms with Crippen LogP contribution in [-0.4, -0.2) is 4.98 Å². The zero-order valence-corrected chi connectivity index (χ0v) is 11.5. The molecule has 0 aliphatic heterocycles. The molecule has 82 valence electrons. The minimum absolute atomic E-state index is 0.594. The molecule has 0 N–H and O–H groups in total. The molecule has 0 aliphatic carbocycles. The third kappa shape index (κ3) is 2.83. The van der Waals surface area contributed by atoms with Crippen molar-refractivity contribution in [1.29, 1.82) is 0 Å². The summed E-state index contributed by atoms with van der Waals surface area (Å²) in [5.41, 5.74) is 1.12. The Morgan fingerprint density at radius 2 is 1.94 bits per heavy atom. The fourth-order valence-corrected chi connectivity index (χ4v) is 1.89. The molecule has 0 spiro atoms. The molecule has 0 saturated carbocycles. The maximum Gasteiger partial charge on any atom is 0.219 e. The molecule has 1 aromatic heterocycles. The van der Waals surface area contributed by atoms with Gasteiger partial charge in [0, 0.05) is 17.6 Å². The summed E-state index contributed by atoms with van der Waals surface area (Å²) in [4.78, 5) is 4.21. The summed E-state index contributed by atoms with van der Waals surface area (Å²) in [6.45, 7) is 0. The summed E-state index contributed by atoms with van der Waals surface area (Å²) >= 11 is 6.79. The number of alkyl halides is 1. The van der Waals surface area contributed by atoms with Crippen LogP contribution in [0.1, 0.15) is 5.56 Å². The number of nitrogens with zero attached hydrogens (tertiary/aromatic N) is 1. The van der Waals surface area contributed by atoms with Crippen LogP contribution in [0.4, 0.5) is 0 Å². The highest BCUT2D eigenvalue weighted by Crippen LogP contribution is 2.28. The van der Waals surface area contributed by atoms with Crippen LogP contribution < -0.4 is 4.74 Å². The molecule has 2 aromatic rings. The van der Waals surface area contributed by atoms with Crippen LogP contribution in [0.2, 0.25) is 0 Å². The number of halogens is 2. The van der Waals surface area contributed by atoms with Gasteiger partial charge >= 0.3 is 0 Å². The van der Waals surface area contributed by atoms with Crippen molar-refractivity contribution in [3.63, 3.8) is 0 Å². The number of rotatable bonds is 3. The highest BCUT2D eigenvalue weighted by molar-refractivity contribution is 9.10. The van der Waals surface area contributed by atoms with Crippen LogP contribution in [0, 0.1) is 0 Å². The predicted molar refractivity (Wildman–Crippen MR) is 71.1 cm³/mol. The lowest BCUT2D eigenvalue weighted by Gasteiger charge is -2.06. The lowest BCUT2D eigenvalue weighted by molar-refractivity contribution is 0.460. The molecule has 0 bridgehead atoms. The number of pyridine rings is 1. The third-order valence-corrected chi connectivity index (χ3v) is 3.31. The van der Waals surface area contributed by atoms with Crippen molar-refractivity contribution in [3.8, 4) is 11.6 Å². The fraction of sp³-hybridized carbons (Fsp3) is 0.0833. The van der Waals surface area contributed by atoms with Gasteiger partial charge in [0.25, 0.3) is 0 Å². The summed E-state index contributed by atoms with van der Waals surface area (Å²) in [6.07, 6.45) is 1.79. The summed E-state index contributed by atoms with van der Waals surface area (Å²) in [6, 6.07) is 11.5.